The molecule has 2 aliphatic heterocycles. The molecular weight excluding hydrogens is 262 g/mol. The minimum atomic E-state index is -0.528. The highest BCUT2D eigenvalue weighted by Crippen LogP contribution is 2.30. The summed E-state index contributed by atoms with van der Waals surface area (Å²) in [7, 11) is 0. The second-order valence-corrected chi connectivity index (χ2v) is 4.69. The second-order valence-electron chi connectivity index (χ2n) is 4.69. The Labute approximate surface area is 115 Å². The fraction of sp³-hybridized carbons (Fsp3) is 0.385. The number of benzene rings is 1. The predicted molar refractivity (Wildman–Crippen MR) is 69.0 cm³/mol. The normalized spacial score (nSPS) is 24.1. The summed E-state index contributed by atoms with van der Waals surface area (Å²) in [6.07, 6.45) is -0.0876. The quantitative estimate of drug-likeness (QED) is 0.682. The van der Waals surface area contributed by atoms with Crippen LogP contribution in [0.25, 0.3) is 0 Å². The lowest BCUT2D eigenvalue weighted by atomic mass is 10.2. The van der Waals surface area contributed by atoms with Crippen LogP contribution in [0.2, 0.25) is 0 Å². The van der Waals surface area contributed by atoms with Crippen molar-refractivity contribution in [2.45, 2.75) is 18.6 Å². The summed E-state index contributed by atoms with van der Waals surface area (Å²) in [6, 6.07) is 6.87. The summed E-state index contributed by atoms with van der Waals surface area (Å²) in [5.41, 5.74) is 5.02. The molecule has 0 saturated carbocycles. The van der Waals surface area contributed by atoms with E-state index in [0.29, 0.717) is 24.7 Å². The average molecular weight is 277 g/mol. The van der Waals surface area contributed by atoms with Crippen LogP contribution in [0, 0.1) is 0 Å². The first-order valence-corrected chi connectivity index (χ1v) is 6.43. The van der Waals surface area contributed by atoms with Crippen molar-refractivity contribution < 1.29 is 19.1 Å². The molecule has 2 atom stereocenters. The first-order valence-electron chi connectivity index (χ1n) is 6.43. The summed E-state index contributed by atoms with van der Waals surface area (Å²) < 4.78 is 11.3. The van der Waals surface area contributed by atoms with Crippen LogP contribution >= 0.6 is 0 Å². The molecule has 2 aliphatic rings. The maximum absolute atomic E-state index is 11.8. The number of carbonyl (C=O) groups excluding carboxylic acids is 2. The lowest BCUT2D eigenvalue weighted by molar-refractivity contribution is -0.124. The van der Waals surface area contributed by atoms with E-state index in [0.717, 1.165) is 0 Å². The van der Waals surface area contributed by atoms with Crippen LogP contribution in [0.5, 0.6) is 11.5 Å². The number of ether oxygens (including phenoxy) is 2. The molecule has 2 unspecified atom stereocenters. The molecule has 3 N–H and O–H groups in total. The van der Waals surface area contributed by atoms with E-state index in [2.05, 4.69) is 16.2 Å². The van der Waals surface area contributed by atoms with Crippen LogP contribution in [-0.2, 0) is 9.59 Å². The van der Waals surface area contributed by atoms with Crippen LogP contribution in [0.3, 0.4) is 0 Å². The SMILES string of the molecule is O=C1CC(C(=O)NCC2COc3ccccc3O2)NN1. The molecule has 0 spiro atoms. The summed E-state index contributed by atoms with van der Waals surface area (Å²) in [5.74, 6) is 0.971. The Balaban J connectivity index is 1.50. The Kier molecular flexibility index (Phi) is 3.42. The standard InChI is InChI=1S/C13H15N3O4/c17-12-5-9(15-16-12)13(18)14-6-8-7-19-10-3-1-2-4-11(10)20-8/h1-4,8-9,15H,5-7H2,(H,14,18)(H,16,17). The van der Waals surface area contributed by atoms with Crippen molar-refractivity contribution in [3.05, 3.63) is 24.3 Å². The third kappa shape index (κ3) is 2.67. The fourth-order valence-electron chi connectivity index (χ4n) is 2.11. The van der Waals surface area contributed by atoms with E-state index in [1.54, 1.807) is 0 Å². The molecule has 1 fully saturated rings. The first kappa shape index (κ1) is 12.7. The van der Waals surface area contributed by atoms with Crippen LogP contribution in [0.15, 0.2) is 24.3 Å². The van der Waals surface area contributed by atoms with Gasteiger partial charge in [-0.1, -0.05) is 12.1 Å². The van der Waals surface area contributed by atoms with Gasteiger partial charge in [0, 0.05) is 0 Å². The highest BCUT2D eigenvalue weighted by atomic mass is 16.6. The Morgan fingerprint density at radius 2 is 2.15 bits per heavy atom. The number of para-hydroxylation sites is 2. The van der Waals surface area contributed by atoms with E-state index < -0.39 is 6.04 Å². The number of carbonyl (C=O) groups is 2. The van der Waals surface area contributed by atoms with Gasteiger partial charge >= 0.3 is 0 Å². The van der Waals surface area contributed by atoms with Gasteiger partial charge in [-0.3, -0.25) is 15.0 Å². The monoisotopic (exact) mass is 277 g/mol. The Morgan fingerprint density at radius 1 is 1.35 bits per heavy atom. The van der Waals surface area contributed by atoms with Crippen molar-refractivity contribution in [2.24, 2.45) is 0 Å². The van der Waals surface area contributed by atoms with Gasteiger partial charge in [0.2, 0.25) is 11.8 Å². The van der Waals surface area contributed by atoms with Gasteiger partial charge in [-0.25, -0.2) is 5.43 Å². The molecule has 1 saturated heterocycles. The lowest BCUT2D eigenvalue weighted by Gasteiger charge is -2.26. The summed E-state index contributed by atoms with van der Waals surface area (Å²) in [6.45, 7) is 0.714. The third-order valence-electron chi connectivity index (χ3n) is 3.16. The maximum atomic E-state index is 11.8. The van der Waals surface area contributed by atoms with Gasteiger partial charge in [0.1, 0.15) is 18.8 Å². The van der Waals surface area contributed by atoms with Gasteiger partial charge in [-0.05, 0) is 12.1 Å². The zero-order valence-corrected chi connectivity index (χ0v) is 10.7. The van der Waals surface area contributed by atoms with Gasteiger partial charge in [-0.2, -0.15) is 0 Å². The summed E-state index contributed by atoms with van der Waals surface area (Å²) in [4.78, 5) is 22.8. The van der Waals surface area contributed by atoms with Gasteiger partial charge in [0.05, 0.1) is 13.0 Å². The average Bonchev–Trinajstić information content (AvgIpc) is 2.91. The van der Waals surface area contributed by atoms with Crippen molar-refractivity contribution in [2.75, 3.05) is 13.2 Å². The molecule has 0 aliphatic carbocycles. The highest BCUT2D eigenvalue weighted by molar-refractivity contribution is 5.90. The molecule has 7 nitrogen and oxygen atoms in total. The molecule has 0 radical (unpaired) electrons. The molecule has 0 bridgehead atoms. The third-order valence-corrected chi connectivity index (χ3v) is 3.16. The summed E-state index contributed by atoms with van der Waals surface area (Å²) >= 11 is 0. The fourth-order valence-corrected chi connectivity index (χ4v) is 2.11. The molecule has 0 aromatic heterocycles. The lowest BCUT2D eigenvalue weighted by Crippen LogP contribution is -2.47. The van der Waals surface area contributed by atoms with Crippen LogP contribution in [0.1, 0.15) is 6.42 Å². The Hall–Kier alpha value is -2.28. The zero-order valence-electron chi connectivity index (χ0n) is 10.7. The van der Waals surface area contributed by atoms with Gasteiger partial charge in [0.15, 0.2) is 11.5 Å². The van der Waals surface area contributed by atoms with E-state index in [9.17, 15) is 9.59 Å². The van der Waals surface area contributed by atoms with Crippen molar-refractivity contribution in [3.8, 4) is 11.5 Å². The number of amides is 2. The number of fused-ring (bicyclic) bond motifs is 1. The van der Waals surface area contributed by atoms with E-state index >= 15 is 0 Å². The van der Waals surface area contributed by atoms with E-state index in [1.807, 2.05) is 24.3 Å². The zero-order chi connectivity index (χ0) is 13.9. The first-order chi connectivity index (χ1) is 9.72. The minimum absolute atomic E-state index is 0.149. The maximum Gasteiger partial charge on any atom is 0.239 e. The van der Waals surface area contributed by atoms with Crippen LogP contribution in [-0.4, -0.2) is 37.1 Å². The van der Waals surface area contributed by atoms with Crippen molar-refractivity contribution in [1.29, 1.82) is 0 Å². The van der Waals surface area contributed by atoms with E-state index in [-0.39, 0.29) is 24.3 Å². The number of rotatable bonds is 3. The number of hydrogen-bond acceptors (Lipinski definition) is 5. The molecular formula is C13H15N3O4. The predicted octanol–water partition coefficient (Wildman–Crippen LogP) is -0.664. The molecule has 20 heavy (non-hydrogen) atoms. The molecule has 1 aromatic rings. The summed E-state index contributed by atoms with van der Waals surface area (Å²) in [5, 5.41) is 2.75. The molecule has 7 heteroatoms. The topological polar surface area (TPSA) is 88.7 Å². The van der Waals surface area contributed by atoms with E-state index in [1.165, 1.54) is 0 Å². The smallest absolute Gasteiger partial charge is 0.239 e. The van der Waals surface area contributed by atoms with Gasteiger partial charge in [0.25, 0.3) is 0 Å². The Morgan fingerprint density at radius 3 is 2.90 bits per heavy atom. The van der Waals surface area contributed by atoms with Gasteiger partial charge in [-0.15, -0.1) is 0 Å². The molecule has 106 valence electrons. The highest BCUT2D eigenvalue weighted by Gasteiger charge is 2.28. The van der Waals surface area contributed by atoms with Crippen LogP contribution < -0.4 is 25.6 Å². The molecule has 3 rings (SSSR count). The van der Waals surface area contributed by atoms with Gasteiger partial charge < -0.3 is 14.8 Å². The van der Waals surface area contributed by atoms with E-state index in [4.69, 9.17) is 9.47 Å². The molecule has 2 amide bonds. The molecule has 1 aromatic carbocycles. The second kappa shape index (κ2) is 5.38. The molecule has 2 heterocycles. The minimum Gasteiger partial charge on any atom is -0.486 e. The number of hydrazine groups is 1. The van der Waals surface area contributed by atoms with Crippen molar-refractivity contribution in [1.82, 2.24) is 16.2 Å². The van der Waals surface area contributed by atoms with Crippen molar-refractivity contribution in [3.63, 3.8) is 0 Å². The Bertz CT molecular complexity index is 534. The number of hydrogen-bond donors (Lipinski definition) is 3. The largest absolute Gasteiger partial charge is 0.486 e. The van der Waals surface area contributed by atoms with Crippen LogP contribution in [0.4, 0.5) is 0 Å². The number of nitrogens with one attached hydrogen (secondary N) is 3. The van der Waals surface area contributed by atoms with Crippen molar-refractivity contribution >= 4 is 11.8 Å².